The Morgan fingerprint density at radius 1 is 0.912 bits per heavy atom. The highest BCUT2D eigenvalue weighted by molar-refractivity contribution is 6.58. The van der Waals surface area contributed by atoms with Gasteiger partial charge in [0.05, 0.1) is 0 Å². The molecule has 3 aromatic carbocycles. The summed E-state index contributed by atoms with van der Waals surface area (Å²) in [6, 6.07) is 25.2. The standard InChI is InChI=1S/C22H25NO.C7H9BO2/c1-16-5-3-7-18(13-16)19-8-9-22-20(14-19)15-21(24-22)10-12-23-11-4-6-17(23)2;1-6-3-2-4-7(5-6)8(9)10/h3,5,7-9,13-15,17H,4,6,10-12H2,1-2H3;2-5,9-10H,1H3/t17-;/m1./s1. The minimum absolute atomic E-state index is 0.542. The van der Waals surface area contributed by atoms with E-state index in [0.717, 1.165) is 35.9 Å². The number of aryl methyl sites for hydroxylation is 2. The minimum atomic E-state index is -1.35. The Hall–Kier alpha value is -2.86. The monoisotopic (exact) mass is 455 g/mol. The van der Waals surface area contributed by atoms with Crippen LogP contribution in [-0.2, 0) is 6.42 Å². The molecular weight excluding hydrogens is 421 g/mol. The molecule has 0 radical (unpaired) electrons. The van der Waals surface area contributed by atoms with Crippen LogP contribution in [-0.4, -0.2) is 41.2 Å². The predicted molar refractivity (Wildman–Crippen MR) is 141 cm³/mol. The molecule has 4 aromatic rings. The van der Waals surface area contributed by atoms with Crippen molar-refractivity contribution < 1.29 is 14.5 Å². The molecule has 5 rings (SSSR count). The van der Waals surface area contributed by atoms with Gasteiger partial charge in [-0.1, -0.05) is 65.7 Å². The first-order valence-electron chi connectivity index (χ1n) is 12.2. The van der Waals surface area contributed by atoms with Crippen LogP contribution in [0.25, 0.3) is 22.1 Å². The molecular formula is C29H34BNO3. The molecule has 0 amide bonds. The number of furan rings is 1. The van der Waals surface area contributed by atoms with E-state index >= 15 is 0 Å². The van der Waals surface area contributed by atoms with Crippen LogP contribution in [0.4, 0.5) is 0 Å². The number of benzene rings is 3. The highest BCUT2D eigenvalue weighted by Gasteiger charge is 2.20. The summed E-state index contributed by atoms with van der Waals surface area (Å²) in [4.78, 5) is 2.57. The second-order valence-electron chi connectivity index (χ2n) is 9.40. The van der Waals surface area contributed by atoms with Gasteiger partial charge in [-0.15, -0.1) is 0 Å². The number of hydrogen-bond acceptors (Lipinski definition) is 4. The maximum Gasteiger partial charge on any atom is 0.488 e. The number of nitrogens with zero attached hydrogens (tertiary/aromatic N) is 1. The van der Waals surface area contributed by atoms with Gasteiger partial charge in [-0.2, -0.15) is 0 Å². The van der Waals surface area contributed by atoms with E-state index in [-0.39, 0.29) is 0 Å². The van der Waals surface area contributed by atoms with Gasteiger partial charge in [-0.3, -0.25) is 0 Å². The molecule has 4 nitrogen and oxygen atoms in total. The van der Waals surface area contributed by atoms with Gasteiger partial charge in [-0.25, -0.2) is 0 Å². The van der Waals surface area contributed by atoms with Crippen LogP contribution in [0.15, 0.2) is 77.2 Å². The average Bonchev–Trinajstić information content (AvgIpc) is 3.42. The zero-order valence-electron chi connectivity index (χ0n) is 20.4. The second kappa shape index (κ2) is 11.0. The van der Waals surface area contributed by atoms with Gasteiger partial charge in [0.25, 0.3) is 0 Å². The second-order valence-corrected chi connectivity index (χ2v) is 9.40. The minimum Gasteiger partial charge on any atom is -0.461 e. The Labute approximate surface area is 203 Å². The first-order valence-corrected chi connectivity index (χ1v) is 12.2. The van der Waals surface area contributed by atoms with E-state index in [9.17, 15) is 0 Å². The van der Waals surface area contributed by atoms with E-state index in [1.165, 1.54) is 41.5 Å². The zero-order chi connectivity index (χ0) is 24.1. The Morgan fingerprint density at radius 2 is 1.65 bits per heavy atom. The molecule has 0 saturated carbocycles. The molecule has 1 aromatic heterocycles. The van der Waals surface area contributed by atoms with Gasteiger partial charge in [-0.05, 0) is 74.9 Å². The van der Waals surface area contributed by atoms with Crippen molar-refractivity contribution in [2.45, 2.75) is 46.1 Å². The molecule has 2 heterocycles. The van der Waals surface area contributed by atoms with Gasteiger partial charge in [0, 0.05) is 24.4 Å². The van der Waals surface area contributed by atoms with Crippen LogP contribution in [0.5, 0.6) is 0 Å². The lowest BCUT2D eigenvalue weighted by Crippen LogP contribution is -2.29. The van der Waals surface area contributed by atoms with Gasteiger partial charge in [0.1, 0.15) is 11.3 Å². The largest absolute Gasteiger partial charge is 0.488 e. The van der Waals surface area contributed by atoms with E-state index in [4.69, 9.17) is 14.5 Å². The summed E-state index contributed by atoms with van der Waals surface area (Å²) < 4.78 is 6.05. The van der Waals surface area contributed by atoms with Crippen molar-refractivity contribution in [1.29, 1.82) is 0 Å². The van der Waals surface area contributed by atoms with Crippen LogP contribution in [0, 0.1) is 13.8 Å². The van der Waals surface area contributed by atoms with Gasteiger partial charge in [0.15, 0.2) is 0 Å². The topological polar surface area (TPSA) is 56.8 Å². The third kappa shape index (κ3) is 6.18. The SMILES string of the molecule is Cc1cccc(-c2ccc3oc(CCN4CCC[C@H]4C)cc3c2)c1.Cc1cccc(B(O)O)c1. The van der Waals surface area contributed by atoms with E-state index in [1.807, 2.05) is 13.0 Å². The molecule has 2 N–H and O–H groups in total. The number of likely N-dealkylation sites (tertiary alicyclic amines) is 1. The molecule has 1 fully saturated rings. The van der Waals surface area contributed by atoms with E-state index in [0.29, 0.717) is 5.46 Å². The molecule has 0 unspecified atom stereocenters. The fraction of sp³-hybridized carbons (Fsp3) is 0.310. The molecule has 1 aliphatic rings. The molecule has 1 atom stereocenters. The number of fused-ring (bicyclic) bond motifs is 1. The van der Waals surface area contributed by atoms with E-state index in [2.05, 4.69) is 67.3 Å². The van der Waals surface area contributed by atoms with Crippen molar-refractivity contribution in [3.63, 3.8) is 0 Å². The summed E-state index contributed by atoms with van der Waals surface area (Å²) in [5, 5.41) is 18.6. The lowest BCUT2D eigenvalue weighted by atomic mass is 9.80. The lowest BCUT2D eigenvalue weighted by Gasteiger charge is -2.19. The molecule has 1 saturated heterocycles. The van der Waals surface area contributed by atoms with Crippen molar-refractivity contribution in [2.24, 2.45) is 0 Å². The van der Waals surface area contributed by atoms with Crippen molar-refractivity contribution >= 4 is 23.6 Å². The summed E-state index contributed by atoms with van der Waals surface area (Å²) in [5.41, 5.74) is 6.39. The zero-order valence-corrected chi connectivity index (χ0v) is 20.4. The molecule has 34 heavy (non-hydrogen) atoms. The molecule has 5 heteroatoms. The van der Waals surface area contributed by atoms with Crippen LogP contribution in [0.1, 0.15) is 36.7 Å². The first kappa shape index (κ1) is 24.3. The third-order valence-electron chi connectivity index (χ3n) is 6.59. The molecule has 1 aliphatic heterocycles. The Morgan fingerprint density at radius 3 is 2.29 bits per heavy atom. The predicted octanol–water partition coefficient (Wildman–Crippen LogP) is 5.11. The Kier molecular flexibility index (Phi) is 7.89. The van der Waals surface area contributed by atoms with Crippen molar-refractivity contribution in [1.82, 2.24) is 4.90 Å². The van der Waals surface area contributed by atoms with Gasteiger partial charge >= 0.3 is 7.12 Å². The fourth-order valence-electron chi connectivity index (χ4n) is 4.64. The summed E-state index contributed by atoms with van der Waals surface area (Å²) in [6.07, 6.45) is 3.67. The number of rotatable bonds is 5. The normalized spacial score (nSPS) is 15.9. The fourth-order valence-corrected chi connectivity index (χ4v) is 4.64. The van der Waals surface area contributed by atoms with E-state index < -0.39 is 7.12 Å². The van der Waals surface area contributed by atoms with Crippen molar-refractivity contribution in [3.05, 3.63) is 89.7 Å². The van der Waals surface area contributed by atoms with Crippen LogP contribution in [0.3, 0.4) is 0 Å². The van der Waals surface area contributed by atoms with Crippen LogP contribution >= 0.6 is 0 Å². The third-order valence-corrected chi connectivity index (χ3v) is 6.59. The average molecular weight is 455 g/mol. The number of hydrogen-bond donors (Lipinski definition) is 2. The lowest BCUT2D eigenvalue weighted by molar-refractivity contribution is 0.266. The van der Waals surface area contributed by atoms with Crippen LogP contribution in [0.2, 0.25) is 0 Å². The highest BCUT2D eigenvalue weighted by Crippen LogP contribution is 2.28. The summed E-state index contributed by atoms with van der Waals surface area (Å²) >= 11 is 0. The maximum atomic E-state index is 8.70. The van der Waals surface area contributed by atoms with Crippen LogP contribution < -0.4 is 5.46 Å². The van der Waals surface area contributed by atoms with E-state index in [1.54, 1.807) is 18.2 Å². The highest BCUT2D eigenvalue weighted by atomic mass is 16.4. The Bertz CT molecular complexity index is 1230. The first-order chi connectivity index (χ1) is 16.4. The summed E-state index contributed by atoms with van der Waals surface area (Å²) in [7, 11) is -1.35. The molecule has 0 spiro atoms. The molecule has 176 valence electrons. The molecule has 0 aliphatic carbocycles. The van der Waals surface area contributed by atoms with Gasteiger partial charge < -0.3 is 19.4 Å². The van der Waals surface area contributed by atoms with Crippen molar-refractivity contribution in [3.8, 4) is 11.1 Å². The van der Waals surface area contributed by atoms with Gasteiger partial charge in [0.2, 0.25) is 0 Å². The summed E-state index contributed by atoms with van der Waals surface area (Å²) in [6.45, 7) is 8.72. The Balaban J connectivity index is 0.000000231. The maximum absolute atomic E-state index is 8.70. The molecule has 0 bridgehead atoms. The smallest absolute Gasteiger partial charge is 0.461 e. The van der Waals surface area contributed by atoms with Crippen molar-refractivity contribution in [2.75, 3.05) is 13.1 Å². The summed E-state index contributed by atoms with van der Waals surface area (Å²) in [5.74, 6) is 1.10. The quantitative estimate of drug-likeness (QED) is 0.411.